The van der Waals surface area contributed by atoms with Gasteiger partial charge in [0.2, 0.25) is 0 Å². The predicted molar refractivity (Wildman–Crippen MR) is 91.0 cm³/mol. The molecule has 0 radical (unpaired) electrons. The number of ether oxygens (including phenoxy) is 1. The number of hydrogen-bond acceptors (Lipinski definition) is 4. The summed E-state index contributed by atoms with van der Waals surface area (Å²) in [7, 11) is 0. The minimum atomic E-state index is -0.403. The van der Waals surface area contributed by atoms with E-state index in [1.807, 2.05) is 37.4 Å². The van der Waals surface area contributed by atoms with Crippen LogP contribution in [0.2, 0.25) is 0 Å². The molecular weight excluding hydrogens is 284 g/mol. The second-order valence-electron chi connectivity index (χ2n) is 6.84. The molecule has 4 nitrogen and oxygen atoms in total. The van der Waals surface area contributed by atoms with Crippen LogP contribution in [0.3, 0.4) is 0 Å². The normalized spacial score (nSPS) is 19.6. The zero-order valence-corrected chi connectivity index (χ0v) is 14.9. The first-order chi connectivity index (χ1) is 9.92. The molecule has 1 heterocycles. The lowest BCUT2D eigenvalue weighted by Crippen LogP contribution is -2.45. The number of nitrogens with zero attached hydrogens (tertiary/aromatic N) is 1. The largest absolute Gasteiger partial charge is 0.444 e. The van der Waals surface area contributed by atoms with Crippen LogP contribution >= 0.6 is 11.8 Å². The summed E-state index contributed by atoms with van der Waals surface area (Å²) < 4.78 is 5.46. The number of rotatable bonds is 7. The number of hydrogen-bond donors (Lipinski definition) is 1. The first kappa shape index (κ1) is 18.6. The highest BCUT2D eigenvalue weighted by atomic mass is 32.2. The van der Waals surface area contributed by atoms with E-state index >= 15 is 0 Å². The van der Waals surface area contributed by atoms with Gasteiger partial charge in [-0.15, -0.1) is 0 Å². The lowest BCUT2D eigenvalue weighted by atomic mass is 9.98. The van der Waals surface area contributed by atoms with E-state index in [9.17, 15) is 4.79 Å². The molecule has 0 saturated carbocycles. The van der Waals surface area contributed by atoms with Crippen molar-refractivity contribution in [3.05, 3.63) is 0 Å². The fourth-order valence-corrected chi connectivity index (χ4v) is 3.02. The van der Waals surface area contributed by atoms with Crippen molar-refractivity contribution in [2.75, 3.05) is 38.2 Å². The molecular formula is C16H32N2O2S. The summed E-state index contributed by atoms with van der Waals surface area (Å²) in [6, 6.07) is 0. The van der Waals surface area contributed by atoms with Gasteiger partial charge in [0.15, 0.2) is 0 Å². The molecule has 1 unspecified atom stereocenters. The second-order valence-corrected chi connectivity index (χ2v) is 7.82. The van der Waals surface area contributed by atoms with Crippen LogP contribution in [-0.4, -0.2) is 54.8 Å². The van der Waals surface area contributed by atoms with Crippen molar-refractivity contribution in [3.63, 3.8) is 0 Å². The number of amides is 1. The van der Waals surface area contributed by atoms with Gasteiger partial charge in [0.25, 0.3) is 0 Å². The first-order valence-corrected chi connectivity index (χ1v) is 9.49. The average Bonchev–Trinajstić information content (AvgIpc) is 2.41. The van der Waals surface area contributed by atoms with Gasteiger partial charge in [-0.05, 0) is 77.5 Å². The number of thioether (sulfide) groups is 1. The molecule has 1 aliphatic rings. The maximum Gasteiger partial charge on any atom is 0.410 e. The topological polar surface area (TPSA) is 41.6 Å². The molecule has 1 fully saturated rings. The van der Waals surface area contributed by atoms with Crippen molar-refractivity contribution >= 4 is 17.9 Å². The highest BCUT2D eigenvalue weighted by Crippen LogP contribution is 2.18. The number of carbonyl (C=O) groups excluding carboxylic acids is 1. The maximum atomic E-state index is 12.1. The highest BCUT2D eigenvalue weighted by molar-refractivity contribution is 7.98. The minimum absolute atomic E-state index is 0.160. The van der Waals surface area contributed by atoms with Crippen LogP contribution in [-0.2, 0) is 4.74 Å². The molecule has 1 N–H and O–H groups in total. The molecule has 1 atom stereocenters. The van der Waals surface area contributed by atoms with Crippen LogP contribution < -0.4 is 5.32 Å². The van der Waals surface area contributed by atoms with Gasteiger partial charge < -0.3 is 15.0 Å². The van der Waals surface area contributed by atoms with Gasteiger partial charge in [0, 0.05) is 13.1 Å². The smallest absolute Gasteiger partial charge is 0.410 e. The van der Waals surface area contributed by atoms with E-state index in [2.05, 4.69) is 11.6 Å². The average molecular weight is 317 g/mol. The lowest BCUT2D eigenvalue weighted by molar-refractivity contribution is 0.0166. The monoisotopic (exact) mass is 316 g/mol. The van der Waals surface area contributed by atoms with Crippen molar-refractivity contribution in [1.82, 2.24) is 10.2 Å². The van der Waals surface area contributed by atoms with Crippen LogP contribution in [0.25, 0.3) is 0 Å². The molecule has 1 amide bonds. The predicted octanol–water partition coefficient (Wildman–Crippen LogP) is 3.37. The number of likely N-dealkylation sites (tertiary alicyclic amines) is 1. The summed E-state index contributed by atoms with van der Waals surface area (Å²) in [6.45, 7) is 9.52. The minimum Gasteiger partial charge on any atom is -0.444 e. The fourth-order valence-electron chi connectivity index (χ4n) is 2.53. The lowest BCUT2D eigenvalue weighted by Gasteiger charge is -2.34. The fraction of sp³-hybridized carbons (Fsp3) is 0.938. The van der Waals surface area contributed by atoms with Crippen LogP contribution in [0.15, 0.2) is 0 Å². The quantitative estimate of drug-likeness (QED) is 0.731. The molecule has 1 aliphatic heterocycles. The Morgan fingerprint density at radius 1 is 1.38 bits per heavy atom. The number of carbonyl (C=O) groups is 1. The molecule has 0 bridgehead atoms. The van der Waals surface area contributed by atoms with Crippen molar-refractivity contribution in [2.24, 2.45) is 5.92 Å². The van der Waals surface area contributed by atoms with Crippen molar-refractivity contribution < 1.29 is 9.53 Å². The third-order valence-electron chi connectivity index (χ3n) is 3.56. The van der Waals surface area contributed by atoms with Gasteiger partial charge in [-0.25, -0.2) is 4.79 Å². The van der Waals surface area contributed by atoms with E-state index in [1.165, 1.54) is 25.0 Å². The molecule has 0 aliphatic carbocycles. The van der Waals surface area contributed by atoms with Crippen LogP contribution in [0, 0.1) is 5.92 Å². The van der Waals surface area contributed by atoms with E-state index < -0.39 is 5.60 Å². The third kappa shape index (κ3) is 8.57. The SMILES string of the molecule is CSCCCCNCC1CCCN(C(=O)OC(C)(C)C)C1. The molecule has 0 aromatic carbocycles. The van der Waals surface area contributed by atoms with Crippen molar-refractivity contribution in [3.8, 4) is 0 Å². The van der Waals surface area contributed by atoms with E-state index in [1.54, 1.807) is 0 Å². The van der Waals surface area contributed by atoms with Crippen LogP contribution in [0.4, 0.5) is 4.79 Å². The molecule has 21 heavy (non-hydrogen) atoms. The molecule has 0 aromatic heterocycles. The number of piperidine rings is 1. The van der Waals surface area contributed by atoms with E-state index in [0.717, 1.165) is 32.6 Å². The van der Waals surface area contributed by atoms with Gasteiger partial charge in [-0.1, -0.05) is 0 Å². The summed E-state index contributed by atoms with van der Waals surface area (Å²) in [5.41, 5.74) is -0.403. The standard InChI is InChI=1S/C16H32N2O2S/c1-16(2,3)20-15(19)18-10-7-8-14(13-18)12-17-9-5-6-11-21-4/h14,17H,5-13H2,1-4H3. The molecule has 5 heteroatoms. The Morgan fingerprint density at radius 2 is 2.14 bits per heavy atom. The zero-order valence-electron chi connectivity index (χ0n) is 14.1. The van der Waals surface area contributed by atoms with Gasteiger partial charge in [-0.2, -0.15) is 11.8 Å². The Balaban J connectivity index is 2.21. The number of nitrogens with one attached hydrogen (secondary N) is 1. The highest BCUT2D eigenvalue weighted by Gasteiger charge is 2.27. The van der Waals surface area contributed by atoms with Gasteiger partial charge >= 0.3 is 6.09 Å². The Hall–Kier alpha value is -0.420. The molecule has 1 saturated heterocycles. The van der Waals surface area contributed by atoms with Crippen LogP contribution in [0.1, 0.15) is 46.5 Å². The van der Waals surface area contributed by atoms with Crippen molar-refractivity contribution in [1.29, 1.82) is 0 Å². The molecule has 1 rings (SSSR count). The zero-order chi connectivity index (χ0) is 15.7. The first-order valence-electron chi connectivity index (χ1n) is 8.10. The summed E-state index contributed by atoms with van der Waals surface area (Å²) in [5.74, 6) is 1.81. The summed E-state index contributed by atoms with van der Waals surface area (Å²) in [4.78, 5) is 14.0. The van der Waals surface area contributed by atoms with Gasteiger partial charge in [0.05, 0.1) is 0 Å². The number of unbranched alkanes of at least 4 members (excludes halogenated alkanes) is 1. The van der Waals surface area contributed by atoms with Gasteiger partial charge in [0.1, 0.15) is 5.60 Å². The molecule has 0 spiro atoms. The Labute approximate surface area is 134 Å². The Kier molecular flexibility index (Phi) is 8.49. The maximum absolute atomic E-state index is 12.1. The Bertz CT molecular complexity index is 305. The third-order valence-corrected chi connectivity index (χ3v) is 4.25. The second kappa shape index (κ2) is 9.57. The summed E-state index contributed by atoms with van der Waals surface area (Å²) in [5, 5.41) is 3.53. The van der Waals surface area contributed by atoms with Crippen molar-refractivity contribution in [2.45, 2.75) is 52.1 Å². The Morgan fingerprint density at radius 3 is 2.81 bits per heavy atom. The van der Waals surface area contributed by atoms with E-state index in [-0.39, 0.29) is 6.09 Å². The summed E-state index contributed by atoms with van der Waals surface area (Å²) in [6.07, 6.45) is 6.80. The van der Waals surface area contributed by atoms with E-state index in [4.69, 9.17) is 4.74 Å². The summed E-state index contributed by atoms with van der Waals surface area (Å²) >= 11 is 1.91. The molecule has 0 aromatic rings. The van der Waals surface area contributed by atoms with E-state index in [0.29, 0.717) is 5.92 Å². The molecule has 124 valence electrons. The van der Waals surface area contributed by atoms with Crippen LogP contribution in [0.5, 0.6) is 0 Å². The van der Waals surface area contributed by atoms with Gasteiger partial charge in [-0.3, -0.25) is 0 Å².